The van der Waals surface area contributed by atoms with E-state index in [4.69, 9.17) is 16.3 Å². The van der Waals surface area contributed by atoms with E-state index in [0.29, 0.717) is 16.3 Å². The molecule has 3 aromatic rings. The van der Waals surface area contributed by atoms with E-state index >= 15 is 0 Å². The number of carbonyl (C=O) groups excluding carboxylic acids is 1. The number of benzene rings is 2. The summed E-state index contributed by atoms with van der Waals surface area (Å²) in [6.07, 6.45) is 0. The molecule has 0 saturated heterocycles. The highest BCUT2D eigenvalue weighted by Crippen LogP contribution is 2.21. The zero-order chi connectivity index (χ0) is 20.9. The van der Waals surface area contributed by atoms with Crippen LogP contribution >= 0.6 is 22.9 Å². The quantitative estimate of drug-likeness (QED) is 0.401. The number of amides is 1. The molecule has 0 unspecified atom stereocenters. The Morgan fingerprint density at radius 2 is 1.93 bits per heavy atom. The summed E-state index contributed by atoms with van der Waals surface area (Å²) < 4.78 is 32.3. The van der Waals surface area contributed by atoms with Gasteiger partial charge >= 0.3 is 0 Å². The van der Waals surface area contributed by atoms with Gasteiger partial charge in [-0.2, -0.15) is 0 Å². The summed E-state index contributed by atoms with van der Waals surface area (Å²) in [5.74, 6) is 0.216. The van der Waals surface area contributed by atoms with Crippen molar-refractivity contribution in [2.45, 2.75) is 11.3 Å². The summed E-state index contributed by atoms with van der Waals surface area (Å²) in [5, 5.41) is 10.4. The number of aryl methyl sites for hydroxylation is 1. The normalized spacial score (nSPS) is 11.2. The second kappa shape index (κ2) is 9.31. The molecule has 11 heteroatoms. The van der Waals surface area contributed by atoms with Gasteiger partial charge in [-0.15, -0.1) is 10.2 Å². The van der Waals surface area contributed by atoms with Crippen LogP contribution in [0.2, 0.25) is 5.02 Å². The number of carbonyl (C=O) groups is 1. The van der Waals surface area contributed by atoms with Gasteiger partial charge < -0.3 is 4.74 Å². The number of halogens is 1. The monoisotopic (exact) mass is 452 g/mol. The lowest BCUT2D eigenvalue weighted by atomic mass is 10.2. The number of anilines is 1. The summed E-state index contributed by atoms with van der Waals surface area (Å²) in [5.41, 5.74) is 1.41. The summed E-state index contributed by atoms with van der Waals surface area (Å²) in [4.78, 5) is 12.2. The largest absolute Gasteiger partial charge is 0.492 e. The molecule has 0 fully saturated rings. The maximum absolute atomic E-state index is 12.3. The number of hydrogen-bond acceptors (Lipinski definition) is 7. The maximum atomic E-state index is 12.3. The predicted molar refractivity (Wildman–Crippen MR) is 111 cm³/mol. The molecule has 29 heavy (non-hydrogen) atoms. The van der Waals surface area contributed by atoms with Gasteiger partial charge in [0.1, 0.15) is 12.4 Å². The fourth-order valence-electron chi connectivity index (χ4n) is 2.25. The Balaban J connectivity index is 1.54. The Morgan fingerprint density at radius 3 is 2.66 bits per heavy atom. The molecule has 152 valence electrons. The second-order valence-electron chi connectivity index (χ2n) is 5.90. The van der Waals surface area contributed by atoms with E-state index in [1.165, 1.54) is 0 Å². The lowest BCUT2D eigenvalue weighted by Gasteiger charge is -2.07. The minimum Gasteiger partial charge on any atom is -0.492 e. The minimum absolute atomic E-state index is 0.0579. The standard InChI is InChI=1S/C18H17ClN4O4S2/c1-12-3-2-4-15(11-12)27-10-9-20-29(25,26)18-23-22-17(28-18)21-16(24)13-5-7-14(19)8-6-13/h2-8,11,20H,9-10H2,1H3,(H,21,22,24). The topological polar surface area (TPSA) is 110 Å². The van der Waals surface area contributed by atoms with Crippen molar-refractivity contribution >= 4 is 44.0 Å². The molecule has 0 radical (unpaired) electrons. The third-order valence-electron chi connectivity index (χ3n) is 3.62. The molecule has 0 aliphatic rings. The average Bonchev–Trinajstić information content (AvgIpc) is 3.15. The molecule has 8 nitrogen and oxygen atoms in total. The third-order valence-corrected chi connectivity index (χ3v) is 6.53. The molecule has 2 aromatic carbocycles. The smallest absolute Gasteiger partial charge is 0.269 e. The van der Waals surface area contributed by atoms with Crippen LogP contribution in [0.15, 0.2) is 52.9 Å². The Hall–Kier alpha value is -2.53. The van der Waals surface area contributed by atoms with Crippen molar-refractivity contribution in [3.63, 3.8) is 0 Å². The Bertz CT molecular complexity index is 1100. The number of sulfonamides is 1. The molecule has 0 atom stereocenters. The van der Waals surface area contributed by atoms with E-state index in [-0.39, 0.29) is 22.6 Å². The first kappa shape index (κ1) is 21.2. The first-order valence-corrected chi connectivity index (χ1v) is 11.1. The molecular weight excluding hydrogens is 436 g/mol. The Morgan fingerprint density at radius 1 is 1.17 bits per heavy atom. The van der Waals surface area contributed by atoms with Crippen LogP contribution in [0.1, 0.15) is 15.9 Å². The van der Waals surface area contributed by atoms with Gasteiger partial charge in [-0.3, -0.25) is 10.1 Å². The van der Waals surface area contributed by atoms with Crippen molar-refractivity contribution in [1.29, 1.82) is 0 Å². The minimum atomic E-state index is -3.86. The van der Waals surface area contributed by atoms with Crippen LogP contribution in [0.25, 0.3) is 0 Å². The number of aromatic nitrogens is 2. The van der Waals surface area contributed by atoms with E-state index in [1.54, 1.807) is 30.3 Å². The first-order valence-electron chi connectivity index (χ1n) is 8.43. The molecule has 3 rings (SSSR count). The molecule has 0 aliphatic heterocycles. The molecule has 1 heterocycles. The summed E-state index contributed by atoms with van der Waals surface area (Å²) in [6.45, 7) is 2.15. The Labute approximate surface area is 176 Å². The van der Waals surface area contributed by atoms with Gasteiger partial charge in [0.25, 0.3) is 15.9 Å². The van der Waals surface area contributed by atoms with Crippen molar-refractivity contribution in [3.8, 4) is 5.75 Å². The van der Waals surface area contributed by atoms with E-state index in [2.05, 4.69) is 20.2 Å². The van der Waals surface area contributed by atoms with Gasteiger partial charge in [-0.25, -0.2) is 13.1 Å². The lowest BCUT2D eigenvalue weighted by Crippen LogP contribution is -2.28. The predicted octanol–water partition coefficient (Wildman–Crippen LogP) is 3.11. The number of ether oxygens (including phenoxy) is 1. The number of hydrogen-bond donors (Lipinski definition) is 2. The molecule has 0 bridgehead atoms. The van der Waals surface area contributed by atoms with Crippen molar-refractivity contribution < 1.29 is 17.9 Å². The Kier molecular flexibility index (Phi) is 6.80. The van der Waals surface area contributed by atoms with Gasteiger partial charge in [-0.05, 0) is 48.9 Å². The third kappa shape index (κ3) is 5.97. The van der Waals surface area contributed by atoms with Crippen LogP contribution in [-0.4, -0.2) is 37.7 Å². The molecule has 1 amide bonds. The summed E-state index contributed by atoms with van der Waals surface area (Å²) in [6, 6.07) is 13.7. The zero-order valence-electron chi connectivity index (χ0n) is 15.3. The summed E-state index contributed by atoms with van der Waals surface area (Å²) in [7, 11) is -3.86. The van der Waals surface area contributed by atoms with E-state index in [1.807, 2.05) is 25.1 Å². The molecule has 0 aliphatic carbocycles. The highest BCUT2D eigenvalue weighted by molar-refractivity contribution is 7.91. The number of nitrogens with zero attached hydrogens (tertiary/aromatic N) is 2. The lowest BCUT2D eigenvalue weighted by molar-refractivity contribution is 0.102. The van der Waals surface area contributed by atoms with Gasteiger partial charge in [0.2, 0.25) is 9.47 Å². The van der Waals surface area contributed by atoms with Gasteiger partial charge in [-0.1, -0.05) is 35.1 Å². The van der Waals surface area contributed by atoms with Crippen molar-refractivity contribution in [2.75, 3.05) is 18.5 Å². The fraction of sp³-hybridized carbons (Fsp3) is 0.167. The molecule has 0 spiro atoms. The van der Waals surface area contributed by atoms with Crippen LogP contribution in [-0.2, 0) is 10.0 Å². The molecule has 0 saturated carbocycles. The fourth-order valence-corrected chi connectivity index (χ4v) is 4.33. The molecule has 1 aromatic heterocycles. The van der Waals surface area contributed by atoms with Crippen molar-refractivity contribution in [1.82, 2.24) is 14.9 Å². The SMILES string of the molecule is Cc1cccc(OCCNS(=O)(=O)c2nnc(NC(=O)c3ccc(Cl)cc3)s2)c1. The van der Waals surface area contributed by atoms with Gasteiger partial charge in [0.05, 0.1) is 0 Å². The molecular formula is C18H17ClN4O4S2. The van der Waals surface area contributed by atoms with Crippen LogP contribution in [0, 0.1) is 6.92 Å². The van der Waals surface area contributed by atoms with Gasteiger partial charge in [0, 0.05) is 17.1 Å². The number of rotatable bonds is 8. The van der Waals surface area contributed by atoms with Crippen LogP contribution in [0.4, 0.5) is 5.13 Å². The van der Waals surface area contributed by atoms with Crippen molar-refractivity contribution in [3.05, 3.63) is 64.7 Å². The number of nitrogens with one attached hydrogen (secondary N) is 2. The highest BCUT2D eigenvalue weighted by Gasteiger charge is 2.20. The van der Waals surface area contributed by atoms with Crippen LogP contribution in [0.5, 0.6) is 5.75 Å². The van der Waals surface area contributed by atoms with E-state index in [9.17, 15) is 13.2 Å². The first-order chi connectivity index (χ1) is 13.8. The van der Waals surface area contributed by atoms with Crippen molar-refractivity contribution in [2.24, 2.45) is 0 Å². The van der Waals surface area contributed by atoms with E-state index in [0.717, 1.165) is 16.9 Å². The van der Waals surface area contributed by atoms with Crippen LogP contribution < -0.4 is 14.8 Å². The van der Waals surface area contributed by atoms with E-state index < -0.39 is 15.9 Å². The maximum Gasteiger partial charge on any atom is 0.269 e. The highest BCUT2D eigenvalue weighted by atomic mass is 35.5. The molecule has 2 N–H and O–H groups in total. The van der Waals surface area contributed by atoms with Gasteiger partial charge in [0.15, 0.2) is 0 Å². The van der Waals surface area contributed by atoms with Crippen LogP contribution in [0.3, 0.4) is 0 Å². The summed E-state index contributed by atoms with van der Waals surface area (Å²) >= 11 is 6.54. The zero-order valence-corrected chi connectivity index (χ0v) is 17.6. The average molecular weight is 453 g/mol. The second-order valence-corrected chi connectivity index (χ2v) is 9.25.